The highest BCUT2D eigenvalue weighted by molar-refractivity contribution is 6.32. The molecule has 1 aliphatic heterocycles. The Balaban J connectivity index is 1.62. The molecule has 6 rings (SSSR count). The maximum Gasteiger partial charge on any atom is 0.323 e. The molecule has 6 nitrogen and oxygen atoms in total. The molecule has 0 spiro atoms. The number of benzene rings is 5. The lowest BCUT2D eigenvalue weighted by Crippen LogP contribution is -2.71. The second kappa shape index (κ2) is 13.4. The summed E-state index contributed by atoms with van der Waals surface area (Å²) < 4.78 is 66.9. The molecule has 1 atom stereocenters. The Morgan fingerprint density at radius 1 is 0.765 bits per heavy atom. The first kappa shape index (κ1) is 35.5. The van der Waals surface area contributed by atoms with Gasteiger partial charge in [-0.05, 0) is 85.5 Å². The monoisotopic (exact) mass is 709 g/mol. The molecular formula is C41H35ClF3N3O3. The van der Waals surface area contributed by atoms with Crippen LogP contribution in [0.2, 0.25) is 5.02 Å². The fraction of sp³-hybridized carbons (Fsp3) is 0.220. The summed E-state index contributed by atoms with van der Waals surface area (Å²) in [6.07, 6.45) is 0. The molecule has 0 aromatic heterocycles. The second-order valence-corrected chi connectivity index (χ2v) is 13.2. The maximum atomic E-state index is 17.1. The number of methoxy groups -OCH3 is 2. The topological polar surface area (TPSA) is 75.9 Å². The predicted octanol–water partition coefficient (Wildman–Crippen LogP) is 9.52. The predicted molar refractivity (Wildman–Crippen MR) is 192 cm³/mol. The molecule has 10 heteroatoms. The van der Waals surface area contributed by atoms with Crippen molar-refractivity contribution in [3.63, 3.8) is 0 Å². The number of rotatable bonds is 9. The molecular weight excluding hydrogens is 675 g/mol. The first-order valence-electron chi connectivity index (χ1n) is 16.1. The highest BCUT2D eigenvalue weighted by atomic mass is 35.5. The lowest BCUT2D eigenvalue weighted by molar-refractivity contribution is -0.214. The van der Waals surface area contributed by atoms with Crippen molar-refractivity contribution < 1.29 is 27.4 Å². The molecule has 0 fully saturated rings. The Bertz CT molecular complexity index is 2090. The van der Waals surface area contributed by atoms with Gasteiger partial charge in [0.2, 0.25) is 5.90 Å². The number of nitriles is 1. The van der Waals surface area contributed by atoms with E-state index in [1.54, 1.807) is 80.9 Å². The normalized spacial score (nSPS) is 17.8. The second-order valence-electron chi connectivity index (χ2n) is 12.8. The third-order valence-corrected chi connectivity index (χ3v) is 9.68. The van der Waals surface area contributed by atoms with Crippen LogP contribution < -0.4 is 14.8 Å². The molecule has 1 N–H and O–H groups in total. The number of aliphatic imine (C=N–C) groups is 1. The van der Waals surface area contributed by atoms with Crippen LogP contribution in [0.1, 0.15) is 48.6 Å². The smallest absolute Gasteiger partial charge is 0.323 e. The molecule has 51 heavy (non-hydrogen) atoms. The van der Waals surface area contributed by atoms with Crippen molar-refractivity contribution in [3.8, 4) is 28.7 Å². The number of hydrogen-bond acceptors (Lipinski definition) is 6. The summed E-state index contributed by atoms with van der Waals surface area (Å²) in [7, 11) is 3.09. The van der Waals surface area contributed by atoms with Gasteiger partial charge in [0.05, 0.1) is 35.9 Å². The summed E-state index contributed by atoms with van der Waals surface area (Å²) in [5.41, 5.74) is -3.32. The number of ether oxygens (including phenoxy) is 3. The van der Waals surface area contributed by atoms with Gasteiger partial charge in [-0.2, -0.15) is 14.0 Å². The van der Waals surface area contributed by atoms with Crippen molar-refractivity contribution in [1.82, 2.24) is 5.32 Å². The van der Waals surface area contributed by atoms with Crippen LogP contribution in [0.5, 0.6) is 11.5 Å². The van der Waals surface area contributed by atoms with Crippen LogP contribution in [-0.4, -0.2) is 37.3 Å². The van der Waals surface area contributed by atoms with Gasteiger partial charge >= 0.3 is 5.92 Å². The van der Waals surface area contributed by atoms with Crippen molar-refractivity contribution in [3.05, 3.63) is 154 Å². The highest BCUT2D eigenvalue weighted by Gasteiger charge is 2.67. The van der Waals surface area contributed by atoms with E-state index >= 15 is 13.2 Å². The standard InChI is InChI=1S/C41H35ClF3N3O3/c1-38(2)41(44,45)39(3,47-37(51-38)33-24-26(14-23-36(33)43)32-12-9-13-35(42)34(32)25-46)48-40(27-10-7-6-8-11-27,28-15-19-30(49-4)20-16-28)29-17-21-31(50-5)22-18-29/h6-24,48H,1-5H3/t39-/m0/s1. The van der Waals surface area contributed by atoms with Gasteiger partial charge in [-0.25, -0.2) is 9.38 Å². The molecule has 5 aromatic carbocycles. The minimum absolute atomic E-state index is 0.160. The van der Waals surface area contributed by atoms with Gasteiger partial charge in [0.1, 0.15) is 23.4 Å². The molecule has 1 aliphatic rings. The van der Waals surface area contributed by atoms with Crippen molar-refractivity contribution in [2.24, 2.45) is 4.99 Å². The van der Waals surface area contributed by atoms with Crippen molar-refractivity contribution in [2.75, 3.05) is 14.2 Å². The van der Waals surface area contributed by atoms with E-state index < -0.39 is 28.5 Å². The fourth-order valence-electron chi connectivity index (χ4n) is 6.60. The van der Waals surface area contributed by atoms with Crippen LogP contribution in [0, 0.1) is 17.1 Å². The minimum atomic E-state index is -3.68. The molecule has 0 bridgehead atoms. The van der Waals surface area contributed by atoms with E-state index in [-0.39, 0.29) is 22.0 Å². The summed E-state index contributed by atoms with van der Waals surface area (Å²) in [5, 5.41) is 13.4. The Morgan fingerprint density at radius 3 is 1.88 bits per heavy atom. The van der Waals surface area contributed by atoms with E-state index in [1.807, 2.05) is 30.3 Å². The average molecular weight is 710 g/mol. The van der Waals surface area contributed by atoms with Crippen molar-refractivity contribution >= 4 is 17.5 Å². The largest absolute Gasteiger partial charge is 0.497 e. The molecule has 0 saturated heterocycles. The Morgan fingerprint density at radius 2 is 1.33 bits per heavy atom. The van der Waals surface area contributed by atoms with E-state index in [9.17, 15) is 5.26 Å². The molecule has 0 saturated carbocycles. The average Bonchev–Trinajstić information content (AvgIpc) is 3.13. The minimum Gasteiger partial charge on any atom is -0.497 e. The third-order valence-electron chi connectivity index (χ3n) is 9.36. The van der Waals surface area contributed by atoms with Crippen LogP contribution in [0.15, 0.2) is 120 Å². The van der Waals surface area contributed by atoms with Gasteiger partial charge in [-0.1, -0.05) is 84.4 Å². The van der Waals surface area contributed by atoms with E-state index in [1.165, 1.54) is 39.0 Å². The van der Waals surface area contributed by atoms with Crippen LogP contribution >= 0.6 is 11.6 Å². The Hall–Kier alpha value is -5.30. The van der Waals surface area contributed by atoms with Gasteiger partial charge in [0, 0.05) is 5.56 Å². The van der Waals surface area contributed by atoms with E-state index in [4.69, 9.17) is 25.8 Å². The molecule has 5 aromatic rings. The summed E-state index contributed by atoms with van der Waals surface area (Å²) in [6, 6.07) is 34.6. The van der Waals surface area contributed by atoms with Gasteiger partial charge < -0.3 is 14.2 Å². The van der Waals surface area contributed by atoms with Gasteiger partial charge in [0.15, 0.2) is 11.3 Å². The zero-order chi connectivity index (χ0) is 36.6. The first-order chi connectivity index (χ1) is 24.3. The number of halogens is 4. The van der Waals surface area contributed by atoms with E-state index in [0.717, 1.165) is 0 Å². The van der Waals surface area contributed by atoms with E-state index in [0.29, 0.717) is 39.3 Å². The van der Waals surface area contributed by atoms with Gasteiger partial charge in [-0.15, -0.1) is 0 Å². The van der Waals surface area contributed by atoms with Crippen LogP contribution in [0.3, 0.4) is 0 Å². The zero-order valence-corrected chi connectivity index (χ0v) is 29.4. The molecule has 0 amide bonds. The Kier molecular flexibility index (Phi) is 9.36. The summed E-state index contributed by atoms with van der Waals surface area (Å²) in [6.45, 7) is 3.78. The van der Waals surface area contributed by atoms with Crippen LogP contribution in [-0.2, 0) is 10.3 Å². The van der Waals surface area contributed by atoms with Gasteiger partial charge in [-0.3, -0.25) is 5.32 Å². The molecule has 260 valence electrons. The lowest BCUT2D eigenvalue weighted by atomic mass is 9.74. The molecule has 0 aliphatic carbocycles. The zero-order valence-electron chi connectivity index (χ0n) is 28.6. The lowest BCUT2D eigenvalue weighted by Gasteiger charge is -2.52. The SMILES string of the molecule is COc1ccc(C(N[C@]2(C)N=C(c3cc(-c4cccc(Cl)c4C#N)ccc3F)OC(C)(C)C2(F)F)(c2ccccc2)c2ccc(OC)cc2)cc1. The molecule has 0 unspecified atom stereocenters. The van der Waals surface area contributed by atoms with Crippen LogP contribution in [0.4, 0.5) is 13.2 Å². The van der Waals surface area contributed by atoms with Gasteiger partial charge in [0.25, 0.3) is 0 Å². The fourth-order valence-corrected chi connectivity index (χ4v) is 6.81. The highest BCUT2D eigenvalue weighted by Crippen LogP contribution is 2.50. The summed E-state index contributed by atoms with van der Waals surface area (Å²) in [5.74, 6) is -3.62. The summed E-state index contributed by atoms with van der Waals surface area (Å²) in [4.78, 5) is 4.57. The number of nitrogens with zero attached hydrogens (tertiary/aromatic N) is 2. The molecule has 0 radical (unpaired) electrons. The summed E-state index contributed by atoms with van der Waals surface area (Å²) >= 11 is 6.30. The maximum absolute atomic E-state index is 17.1. The number of nitrogens with one attached hydrogen (secondary N) is 1. The Labute approximate surface area is 300 Å². The first-order valence-corrected chi connectivity index (χ1v) is 16.5. The van der Waals surface area contributed by atoms with Crippen LogP contribution in [0.25, 0.3) is 11.1 Å². The number of hydrogen-bond donors (Lipinski definition) is 1. The number of alkyl halides is 2. The van der Waals surface area contributed by atoms with Crippen molar-refractivity contribution in [1.29, 1.82) is 5.26 Å². The van der Waals surface area contributed by atoms with Crippen molar-refractivity contribution in [2.45, 2.75) is 43.5 Å². The van der Waals surface area contributed by atoms with E-state index in [2.05, 4.69) is 16.4 Å². The molecule has 1 heterocycles. The quantitative estimate of drug-likeness (QED) is 0.154. The third kappa shape index (κ3) is 6.09.